The normalized spacial score (nSPS) is 32.9. The van der Waals surface area contributed by atoms with Crippen LogP contribution in [0.15, 0.2) is 0 Å². The van der Waals surface area contributed by atoms with Gasteiger partial charge in [0.25, 0.3) is 0 Å². The number of unbranched alkanes of at least 4 members (excludes halogenated alkanes) is 1. The van der Waals surface area contributed by atoms with Gasteiger partial charge in [-0.25, -0.2) is 8.42 Å². The highest BCUT2D eigenvalue weighted by Gasteiger charge is 2.39. The largest absolute Gasteiger partial charge is 0.303 e. The standard InChI is InChI=1S/C13H25NO2S/c1-2-3-11-17(15,16)12-7-13-4-8-14(9-5-13)10-6-13/h2-12H2,1H3. The Morgan fingerprint density at radius 3 is 2.18 bits per heavy atom. The van der Waals surface area contributed by atoms with Gasteiger partial charge in [-0.3, -0.25) is 0 Å². The smallest absolute Gasteiger partial charge is 0.150 e. The summed E-state index contributed by atoms with van der Waals surface area (Å²) in [4.78, 5) is 2.51. The van der Waals surface area contributed by atoms with Gasteiger partial charge in [-0.2, -0.15) is 0 Å². The van der Waals surface area contributed by atoms with E-state index in [1.54, 1.807) is 0 Å². The van der Waals surface area contributed by atoms with Crippen LogP contribution in [0.3, 0.4) is 0 Å². The zero-order valence-corrected chi connectivity index (χ0v) is 11.8. The minimum atomic E-state index is -2.79. The number of rotatable bonds is 6. The number of piperidine rings is 3. The van der Waals surface area contributed by atoms with Gasteiger partial charge in [0.05, 0.1) is 11.5 Å². The molecule has 0 spiro atoms. The molecule has 100 valence electrons. The highest BCUT2D eigenvalue weighted by molar-refractivity contribution is 7.91. The van der Waals surface area contributed by atoms with Crippen molar-refractivity contribution in [2.24, 2.45) is 5.41 Å². The Balaban J connectivity index is 1.84. The van der Waals surface area contributed by atoms with Crippen molar-refractivity contribution in [1.29, 1.82) is 0 Å². The van der Waals surface area contributed by atoms with E-state index < -0.39 is 9.84 Å². The lowest BCUT2D eigenvalue weighted by atomic mass is 9.70. The second-order valence-corrected chi connectivity index (χ2v) is 8.15. The Morgan fingerprint density at radius 2 is 1.65 bits per heavy atom. The van der Waals surface area contributed by atoms with Gasteiger partial charge in [0, 0.05) is 0 Å². The Labute approximate surface area is 105 Å². The van der Waals surface area contributed by atoms with E-state index in [0.717, 1.165) is 19.3 Å². The van der Waals surface area contributed by atoms with Crippen LogP contribution in [-0.2, 0) is 9.84 Å². The predicted octanol–water partition coefficient (Wildman–Crippen LogP) is 2.08. The number of hydrogen-bond donors (Lipinski definition) is 0. The number of hydrogen-bond acceptors (Lipinski definition) is 3. The number of sulfone groups is 1. The van der Waals surface area contributed by atoms with Crippen LogP contribution in [0.5, 0.6) is 0 Å². The van der Waals surface area contributed by atoms with E-state index in [9.17, 15) is 8.42 Å². The van der Waals surface area contributed by atoms with Crippen LogP contribution in [0.1, 0.15) is 45.4 Å². The molecule has 0 atom stereocenters. The third kappa shape index (κ3) is 3.44. The molecular weight excluding hydrogens is 234 g/mol. The molecular formula is C13H25NO2S. The maximum Gasteiger partial charge on any atom is 0.150 e. The van der Waals surface area contributed by atoms with Crippen LogP contribution >= 0.6 is 0 Å². The van der Waals surface area contributed by atoms with E-state index in [1.807, 2.05) is 6.92 Å². The fraction of sp³-hybridized carbons (Fsp3) is 1.00. The minimum Gasteiger partial charge on any atom is -0.303 e. The van der Waals surface area contributed by atoms with Crippen LogP contribution in [0.25, 0.3) is 0 Å². The highest BCUT2D eigenvalue weighted by atomic mass is 32.2. The molecule has 3 heterocycles. The van der Waals surface area contributed by atoms with Crippen molar-refractivity contribution in [3.8, 4) is 0 Å². The Hall–Kier alpha value is -0.0900. The van der Waals surface area contributed by atoms with Crippen molar-refractivity contribution in [2.75, 3.05) is 31.1 Å². The molecule has 0 aromatic carbocycles. The summed E-state index contributed by atoms with van der Waals surface area (Å²) in [5, 5.41) is 0. The number of fused-ring (bicyclic) bond motifs is 3. The molecule has 0 N–H and O–H groups in total. The summed E-state index contributed by atoms with van der Waals surface area (Å²) in [5.74, 6) is 0.818. The van der Waals surface area contributed by atoms with Crippen molar-refractivity contribution < 1.29 is 8.42 Å². The van der Waals surface area contributed by atoms with Crippen molar-refractivity contribution in [2.45, 2.75) is 45.4 Å². The van der Waals surface area contributed by atoms with Gasteiger partial charge in [-0.05, 0) is 57.2 Å². The first-order chi connectivity index (χ1) is 8.05. The lowest BCUT2D eigenvalue weighted by molar-refractivity contribution is 0.0241. The number of nitrogens with zero attached hydrogens (tertiary/aromatic N) is 1. The van der Waals surface area contributed by atoms with Gasteiger partial charge >= 0.3 is 0 Å². The molecule has 0 unspecified atom stereocenters. The van der Waals surface area contributed by atoms with Gasteiger partial charge in [0.2, 0.25) is 0 Å². The summed E-state index contributed by atoms with van der Waals surface area (Å²) in [7, 11) is -2.79. The second kappa shape index (κ2) is 5.27. The minimum absolute atomic E-state index is 0.369. The maximum atomic E-state index is 11.9. The molecule has 3 aliphatic rings. The Morgan fingerprint density at radius 1 is 1.06 bits per heavy atom. The third-order valence-electron chi connectivity index (χ3n) is 4.63. The zero-order chi connectivity index (χ0) is 12.4. The highest BCUT2D eigenvalue weighted by Crippen LogP contribution is 2.43. The quantitative estimate of drug-likeness (QED) is 0.733. The summed E-state index contributed by atoms with van der Waals surface area (Å²) in [6.45, 7) is 5.62. The van der Waals surface area contributed by atoms with Crippen LogP contribution in [0.4, 0.5) is 0 Å². The first-order valence-corrected chi connectivity index (χ1v) is 8.80. The monoisotopic (exact) mass is 259 g/mol. The molecule has 3 fully saturated rings. The molecule has 2 bridgehead atoms. The molecule has 3 nitrogen and oxygen atoms in total. The van der Waals surface area contributed by atoms with Crippen molar-refractivity contribution in [1.82, 2.24) is 4.90 Å². The predicted molar refractivity (Wildman–Crippen MR) is 70.9 cm³/mol. The molecule has 3 aliphatic heterocycles. The second-order valence-electron chi connectivity index (χ2n) is 5.85. The Bertz CT molecular complexity index is 329. The molecule has 0 amide bonds. The van der Waals surface area contributed by atoms with Crippen LogP contribution in [0, 0.1) is 5.41 Å². The fourth-order valence-corrected chi connectivity index (χ4v) is 4.79. The topological polar surface area (TPSA) is 37.4 Å². The summed E-state index contributed by atoms with van der Waals surface area (Å²) in [6.07, 6.45) is 6.36. The van der Waals surface area contributed by atoms with E-state index in [4.69, 9.17) is 0 Å². The van der Waals surface area contributed by atoms with Crippen LogP contribution in [0.2, 0.25) is 0 Å². The molecule has 17 heavy (non-hydrogen) atoms. The maximum absolute atomic E-state index is 11.9. The lowest BCUT2D eigenvalue weighted by Crippen LogP contribution is -2.48. The van der Waals surface area contributed by atoms with Gasteiger partial charge in [-0.1, -0.05) is 13.3 Å². The van der Waals surface area contributed by atoms with Gasteiger partial charge in [-0.15, -0.1) is 0 Å². The summed E-state index contributed by atoms with van der Waals surface area (Å²) >= 11 is 0. The summed E-state index contributed by atoms with van der Waals surface area (Å²) < 4.78 is 23.8. The summed E-state index contributed by atoms with van der Waals surface area (Å²) in [5.41, 5.74) is 0.369. The zero-order valence-electron chi connectivity index (χ0n) is 11.0. The van der Waals surface area contributed by atoms with E-state index in [-0.39, 0.29) is 0 Å². The third-order valence-corrected chi connectivity index (χ3v) is 6.36. The first-order valence-electron chi connectivity index (χ1n) is 6.98. The van der Waals surface area contributed by atoms with Crippen molar-refractivity contribution >= 4 is 9.84 Å². The van der Waals surface area contributed by atoms with Crippen molar-refractivity contribution in [3.05, 3.63) is 0 Å². The van der Waals surface area contributed by atoms with Crippen molar-refractivity contribution in [3.63, 3.8) is 0 Å². The molecule has 3 rings (SSSR count). The first kappa shape index (κ1) is 13.3. The molecule has 0 radical (unpaired) electrons. The molecule has 4 heteroatoms. The Kier molecular flexibility index (Phi) is 4.14. The molecule has 0 aromatic rings. The lowest BCUT2D eigenvalue weighted by Gasteiger charge is -2.48. The van der Waals surface area contributed by atoms with Crippen LogP contribution in [-0.4, -0.2) is 44.5 Å². The molecule has 0 saturated carbocycles. The van der Waals surface area contributed by atoms with Gasteiger partial charge in [0.1, 0.15) is 9.84 Å². The molecule has 0 aromatic heterocycles. The fourth-order valence-electron chi connectivity index (χ4n) is 3.11. The van der Waals surface area contributed by atoms with Gasteiger partial charge in [0.15, 0.2) is 0 Å². The molecule has 3 saturated heterocycles. The SMILES string of the molecule is CCCCS(=O)(=O)CCC12CCN(CC1)CC2. The van der Waals surface area contributed by atoms with E-state index >= 15 is 0 Å². The van der Waals surface area contributed by atoms with Crippen LogP contribution < -0.4 is 0 Å². The van der Waals surface area contributed by atoms with E-state index in [1.165, 1.54) is 38.9 Å². The summed E-state index contributed by atoms with van der Waals surface area (Å²) in [6, 6.07) is 0. The molecule has 0 aliphatic carbocycles. The van der Waals surface area contributed by atoms with E-state index in [2.05, 4.69) is 4.90 Å². The average molecular weight is 259 g/mol. The van der Waals surface area contributed by atoms with Gasteiger partial charge < -0.3 is 4.90 Å². The van der Waals surface area contributed by atoms with E-state index in [0.29, 0.717) is 16.9 Å². The average Bonchev–Trinajstić information content (AvgIpc) is 2.37.